The Morgan fingerprint density at radius 2 is 2.17 bits per heavy atom. The van der Waals surface area contributed by atoms with Crippen molar-refractivity contribution in [2.24, 2.45) is 0 Å². The first-order chi connectivity index (χ1) is 11.3. The van der Waals surface area contributed by atoms with E-state index in [9.17, 15) is 4.79 Å². The zero-order valence-corrected chi connectivity index (χ0v) is 14.1. The molecule has 128 valence electrons. The Morgan fingerprint density at radius 1 is 1.38 bits per heavy atom. The van der Waals surface area contributed by atoms with E-state index < -0.39 is 0 Å². The van der Waals surface area contributed by atoms with Gasteiger partial charge in [-0.1, -0.05) is 12.1 Å². The van der Waals surface area contributed by atoms with E-state index in [1.165, 1.54) is 0 Å². The second kappa shape index (κ2) is 6.74. The van der Waals surface area contributed by atoms with Crippen molar-refractivity contribution in [1.82, 2.24) is 30.1 Å². The third-order valence-electron chi connectivity index (χ3n) is 4.30. The van der Waals surface area contributed by atoms with Crippen molar-refractivity contribution in [2.75, 3.05) is 13.1 Å². The molecule has 4 heterocycles. The lowest BCUT2D eigenvalue weighted by Gasteiger charge is -2.23. The lowest BCUT2D eigenvalue weighted by Crippen LogP contribution is -2.28. The van der Waals surface area contributed by atoms with Crippen molar-refractivity contribution >= 4 is 18.1 Å². The zero-order valence-electron chi connectivity index (χ0n) is 13.3. The van der Waals surface area contributed by atoms with E-state index in [1.54, 1.807) is 16.8 Å². The van der Waals surface area contributed by atoms with E-state index >= 15 is 0 Å². The highest BCUT2D eigenvalue weighted by molar-refractivity contribution is 5.85. The summed E-state index contributed by atoms with van der Waals surface area (Å²) in [5.41, 5.74) is 2.11. The SMILES string of the molecule is CCc1nc(-c2cnn3c(C4CCNCC4)cc(=O)[nH]c23)no1.Cl. The van der Waals surface area contributed by atoms with E-state index in [-0.39, 0.29) is 18.0 Å². The Bertz CT molecular complexity index is 893. The van der Waals surface area contributed by atoms with Gasteiger partial charge in [-0.3, -0.25) is 4.79 Å². The number of aromatic amines is 1. The molecule has 0 aromatic carbocycles. The molecular formula is C15H19ClN6O2. The number of aryl methyl sites for hydroxylation is 1. The van der Waals surface area contributed by atoms with Gasteiger partial charge in [0.05, 0.1) is 17.5 Å². The summed E-state index contributed by atoms with van der Waals surface area (Å²) < 4.78 is 6.97. The molecule has 0 radical (unpaired) electrons. The molecule has 3 aromatic rings. The molecule has 0 amide bonds. The van der Waals surface area contributed by atoms with Crippen molar-refractivity contribution in [1.29, 1.82) is 0 Å². The van der Waals surface area contributed by atoms with Crippen molar-refractivity contribution in [3.63, 3.8) is 0 Å². The van der Waals surface area contributed by atoms with E-state index in [1.807, 2.05) is 6.92 Å². The molecule has 0 atom stereocenters. The Morgan fingerprint density at radius 3 is 2.88 bits per heavy atom. The Balaban J connectivity index is 0.00000169. The van der Waals surface area contributed by atoms with Crippen LogP contribution >= 0.6 is 12.4 Å². The summed E-state index contributed by atoms with van der Waals surface area (Å²) in [6.07, 6.45) is 4.34. The molecule has 1 fully saturated rings. The summed E-state index contributed by atoms with van der Waals surface area (Å²) in [5.74, 6) is 1.34. The number of rotatable bonds is 3. The average Bonchev–Trinajstić information content (AvgIpc) is 3.21. The first-order valence-corrected chi connectivity index (χ1v) is 7.91. The van der Waals surface area contributed by atoms with Gasteiger partial charge in [0.25, 0.3) is 5.56 Å². The molecule has 0 unspecified atom stereocenters. The molecule has 9 heteroatoms. The van der Waals surface area contributed by atoms with Gasteiger partial charge >= 0.3 is 0 Å². The Kier molecular flexibility index (Phi) is 4.68. The van der Waals surface area contributed by atoms with Gasteiger partial charge in [0.1, 0.15) is 5.65 Å². The van der Waals surface area contributed by atoms with Gasteiger partial charge in [0.15, 0.2) is 0 Å². The summed E-state index contributed by atoms with van der Waals surface area (Å²) in [5, 5.41) is 11.8. The molecule has 1 saturated heterocycles. The smallest absolute Gasteiger partial charge is 0.251 e. The van der Waals surface area contributed by atoms with Gasteiger partial charge in [-0.15, -0.1) is 12.4 Å². The highest BCUT2D eigenvalue weighted by Crippen LogP contribution is 2.27. The van der Waals surface area contributed by atoms with Gasteiger partial charge in [0, 0.05) is 18.4 Å². The van der Waals surface area contributed by atoms with Gasteiger partial charge in [-0.05, 0) is 25.9 Å². The molecule has 4 rings (SSSR count). The fraction of sp³-hybridized carbons (Fsp3) is 0.467. The second-order valence-corrected chi connectivity index (χ2v) is 5.77. The minimum atomic E-state index is -0.132. The van der Waals surface area contributed by atoms with Crippen LogP contribution in [-0.4, -0.2) is 37.8 Å². The molecule has 1 aliphatic rings. The van der Waals surface area contributed by atoms with Crippen LogP contribution in [0.4, 0.5) is 0 Å². The van der Waals surface area contributed by atoms with Crippen LogP contribution in [0.1, 0.15) is 37.3 Å². The van der Waals surface area contributed by atoms with Crippen LogP contribution in [0.5, 0.6) is 0 Å². The number of hydrogen-bond acceptors (Lipinski definition) is 6. The molecule has 0 saturated carbocycles. The molecular weight excluding hydrogens is 332 g/mol. The predicted octanol–water partition coefficient (Wildman–Crippen LogP) is 1.52. The van der Waals surface area contributed by atoms with E-state index in [4.69, 9.17) is 4.52 Å². The van der Waals surface area contributed by atoms with Crippen LogP contribution in [0.15, 0.2) is 21.6 Å². The van der Waals surface area contributed by atoms with Crippen molar-refractivity contribution in [2.45, 2.75) is 32.1 Å². The van der Waals surface area contributed by atoms with Crippen molar-refractivity contribution < 1.29 is 4.52 Å². The normalized spacial score (nSPS) is 15.5. The third kappa shape index (κ3) is 2.83. The molecule has 24 heavy (non-hydrogen) atoms. The second-order valence-electron chi connectivity index (χ2n) is 5.77. The van der Waals surface area contributed by atoms with E-state index in [2.05, 4.69) is 25.5 Å². The molecule has 0 spiro atoms. The van der Waals surface area contributed by atoms with Crippen LogP contribution in [-0.2, 0) is 6.42 Å². The topological polar surface area (TPSA) is 101 Å². The lowest BCUT2D eigenvalue weighted by molar-refractivity contribution is 0.383. The zero-order chi connectivity index (χ0) is 15.8. The first-order valence-electron chi connectivity index (χ1n) is 7.91. The van der Waals surface area contributed by atoms with Crippen molar-refractivity contribution in [3.8, 4) is 11.4 Å². The van der Waals surface area contributed by atoms with Crippen LogP contribution in [0.2, 0.25) is 0 Å². The fourth-order valence-electron chi connectivity index (χ4n) is 3.09. The van der Waals surface area contributed by atoms with Gasteiger partial charge < -0.3 is 14.8 Å². The summed E-state index contributed by atoms with van der Waals surface area (Å²) in [7, 11) is 0. The average molecular weight is 351 g/mol. The maximum atomic E-state index is 12.1. The number of nitrogens with one attached hydrogen (secondary N) is 2. The molecule has 1 aliphatic heterocycles. The third-order valence-corrected chi connectivity index (χ3v) is 4.30. The summed E-state index contributed by atoms with van der Waals surface area (Å²) in [6, 6.07) is 1.65. The molecule has 3 aromatic heterocycles. The number of piperidine rings is 1. The minimum Gasteiger partial charge on any atom is -0.339 e. The number of fused-ring (bicyclic) bond motifs is 1. The van der Waals surface area contributed by atoms with Crippen LogP contribution in [0, 0.1) is 0 Å². The van der Waals surface area contributed by atoms with Crippen LogP contribution in [0.3, 0.4) is 0 Å². The lowest BCUT2D eigenvalue weighted by atomic mass is 9.94. The molecule has 0 aliphatic carbocycles. The van der Waals surface area contributed by atoms with Crippen LogP contribution in [0.25, 0.3) is 17.0 Å². The van der Waals surface area contributed by atoms with E-state index in [0.29, 0.717) is 35.3 Å². The number of aromatic nitrogens is 5. The minimum absolute atomic E-state index is 0. The standard InChI is InChI=1S/C15H18N6O2.ClH/c1-2-13-19-14(20-23-13)10-8-17-21-11(7-12(22)18-15(10)21)9-3-5-16-6-4-9;/h7-9,16H,2-6H2,1H3,(H,18,22);1H. The van der Waals surface area contributed by atoms with Crippen molar-refractivity contribution in [3.05, 3.63) is 34.2 Å². The Hall–Kier alpha value is -2.19. The fourth-order valence-corrected chi connectivity index (χ4v) is 3.09. The first kappa shape index (κ1) is 16.7. The molecule has 2 N–H and O–H groups in total. The number of halogens is 1. The number of nitrogens with zero attached hydrogens (tertiary/aromatic N) is 4. The highest BCUT2D eigenvalue weighted by atomic mass is 35.5. The van der Waals surface area contributed by atoms with Gasteiger partial charge in [0.2, 0.25) is 11.7 Å². The monoisotopic (exact) mass is 350 g/mol. The Labute approximate surface area is 144 Å². The van der Waals surface area contributed by atoms with Crippen LogP contribution < -0.4 is 10.9 Å². The molecule has 8 nitrogen and oxygen atoms in total. The quantitative estimate of drug-likeness (QED) is 0.742. The largest absolute Gasteiger partial charge is 0.339 e. The predicted molar refractivity (Wildman–Crippen MR) is 90.6 cm³/mol. The number of hydrogen-bond donors (Lipinski definition) is 2. The molecule has 0 bridgehead atoms. The summed E-state index contributed by atoms with van der Waals surface area (Å²) in [6.45, 7) is 3.86. The maximum Gasteiger partial charge on any atom is 0.251 e. The van der Waals surface area contributed by atoms with Gasteiger partial charge in [-0.25, -0.2) is 4.52 Å². The highest BCUT2D eigenvalue weighted by Gasteiger charge is 2.22. The summed E-state index contributed by atoms with van der Waals surface area (Å²) in [4.78, 5) is 19.3. The number of H-pyrrole nitrogens is 1. The maximum absolute atomic E-state index is 12.1. The summed E-state index contributed by atoms with van der Waals surface area (Å²) >= 11 is 0. The van der Waals surface area contributed by atoms with Gasteiger partial charge in [-0.2, -0.15) is 10.1 Å². The van der Waals surface area contributed by atoms with E-state index in [0.717, 1.165) is 31.6 Å².